The Morgan fingerprint density at radius 2 is 2.07 bits per heavy atom. The summed E-state index contributed by atoms with van der Waals surface area (Å²) in [4.78, 5) is 0. The van der Waals surface area contributed by atoms with Gasteiger partial charge >= 0.3 is 0 Å². The van der Waals surface area contributed by atoms with E-state index in [9.17, 15) is 8.42 Å². The fourth-order valence-corrected chi connectivity index (χ4v) is 2.50. The molecular formula is C7H17N3O3S. The molecule has 7 heteroatoms. The van der Waals surface area contributed by atoms with Crippen molar-refractivity contribution < 1.29 is 13.6 Å². The van der Waals surface area contributed by atoms with Crippen molar-refractivity contribution in [2.75, 3.05) is 18.8 Å². The highest BCUT2D eigenvalue weighted by atomic mass is 32.2. The third-order valence-corrected chi connectivity index (χ3v) is 3.77. The third kappa shape index (κ3) is 3.93. The van der Waals surface area contributed by atoms with Crippen LogP contribution < -0.4 is 5.73 Å². The molecule has 0 aliphatic carbocycles. The summed E-state index contributed by atoms with van der Waals surface area (Å²) in [5, 5.41) is 11.1. The number of oxime groups is 1. The summed E-state index contributed by atoms with van der Waals surface area (Å²) in [7, 11) is -3.27. The molecule has 3 N–H and O–H groups in total. The van der Waals surface area contributed by atoms with E-state index in [4.69, 9.17) is 10.9 Å². The Bertz CT molecular complexity index is 287. The van der Waals surface area contributed by atoms with Gasteiger partial charge < -0.3 is 10.9 Å². The topological polar surface area (TPSA) is 96.0 Å². The van der Waals surface area contributed by atoms with Gasteiger partial charge in [-0.15, -0.1) is 0 Å². The fourth-order valence-electron chi connectivity index (χ4n) is 1.01. The molecule has 0 atom stereocenters. The zero-order chi connectivity index (χ0) is 11.2. The van der Waals surface area contributed by atoms with Crippen LogP contribution in [0.2, 0.25) is 0 Å². The van der Waals surface area contributed by atoms with E-state index in [-0.39, 0.29) is 18.1 Å². The van der Waals surface area contributed by atoms with Crippen molar-refractivity contribution >= 4 is 15.9 Å². The van der Waals surface area contributed by atoms with Crippen LogP contribution in [0.5, 0.6) is 0 Å². The first-order chi connectivity index (χ1) is 6.47. The molecule has 0 heterocycles. The summed E-state index contributed by atoms with van der Waals surface area (Å²) in [5.41, 5.74) is 5.24. The third-order valence-electron chi connectivity index (χ3n) is 1.67. The van der Waals surface area contributed by atoms with Crippen molar-refractivity contribution in [3.63, 3.8) is 0 Å². The van der Waals surface area contributed by atoms with E-state index in [0.29, 0.717) is 13.0 Å². The zero-order valence-corrected chi connectivity index (χ0v) is 9.29. The van der Waals surface area contributed by atoms with Gasteiger partial charge in [0.1, 0.15) is 0 Å². The number of hydrogen-bond acceptors (Lipinski definition) is 4. The minimum atomic E-state index is -3.27. The number of rotatable bonds is 6. The molecular weight excluding hydrogens is 206 g/mol. The Morgan fingerprint density at radius 1 is 1.50 bits per heavy atom. The van der Waals surface area contributed by atoms with Gasteiger partial charge in [0, 0.05) is 6.54 Å². The second-order valence-electron chi connectivity index (χ2n) is 2.83. The number of likely N-dealkylation sites (N-methyl/N-ethyl adjacent to an activating group) is 1. The standard InChI is InChI=1S/C7H17N3O3S/c1-3-5-14(12,13)10(4-2)6-7(8)9-11/h11H,3-6H2,1-2H3,(H2,8,9). The fraction of sp³-hybridized carbons (Fsp3) is 0.857. The molecule has 0 saturated heterocycles. The maximum absolute atomic E-state index is 11.5. The lowest BCUT2D eigenvalue weighted by Gasteiger charge is -2.18. The Hall–Kier alpha value is -0.820. The van der Waals surface area contributed by atoms with Crippen molar-refractivity contribution in [2.45, 2.75) is 20.3 Å². The second-order valence-corrected chi connectivity index (χ2v) is 4.92. The average molecular weight is 223 g/mol. The average Bonchev–Trinajstić information content (AvgIpc) is 2.13. The Kier molecular flexibility index (Phi) is 5.47. The molecule has 0 rings (SSSR count). The maximum atomic E-state index is 11.5. The molecule has 84 valence electrons. The highest BCUT2D eigenvalue weighted by Crippen LogP contribution is 2.02. The molecule has 0 aliphatic heterocycles. The molecule has 0 fully saturated rings. The quantitative estimate of drug-likeness (QED) is 0.282. The van der Waals surface area contributed by atoms with E-state index in [1.165, 1.54) is 4.31 Å². The van der Waals surface area contributed by atoms with Crippen molar-refractivity contribution in [3.8, 4) is 0 Å². The zero-order valence-electron chi connectivity index (χ0n) is 8.47. The first-order valence-electron chi connectivity index (χ1n) is 4.42. The Balaban J connectivity index is 4.56. The number of hydrogen-bond donors (Lipinski definition) is 2. The van der Waals surface area contributed by atoms with E-state index in [2.05, 4.69) is 5.16 Å². The monoisotopic (exact) mass is 223 g/mol. The van der Waals surface area contributed by atoms with E-state index < -0.39 is 10.0 Å². The van der Waals surface area contributed by atoms with Crippen molar-refractivity contribution in [3.05, 3.63) is 0 Å². The van der Waals surface area contributed by atoms with Gasteiger partial charge in [-0.25, -0.2) is 8.42 Å². The molecule has 0 saturated carbocycles. The Morgan fingerprint density at radius 3 is 2.43 bits per heavy atom. The highest BCUT2D eigenvalue weighted by molar-refractivity contribution is 7.89. The van der Waals surface area contributed by atoms with Gasteiger partial charge in [-0.2, -0.15) is 4.31 Å². The molecule has 0 spiro atoms. The predicted molar refractivity (Wildman–Crippen MR) is 54.7 cm³/mol. The summed E-state index contributed by atoms with van der Waals surface area (Å²) < 4.78 is 24.3. The first-order valence-corrected chi connectivity index (χ1v) is 6.03. The number of sulfonamides is 1. The smallest absolute Gasteiger partial charge is 0.214 e. The first kappa shape index (κ1) is 13.2. The van der Waals surface area contributed by atoms with Crippen LogP contribution in [-0.2, 0) is 10.0 Å². The predicted octanol–water partition coefficient (Wildman–Crippen LogP) is -0.205. The largest absolute Gasteiger partial charge is 0.409 e. The van der Waals surface area contributed by atoms with Gasteiger partial charge in [-0.1, -0.05) is 19.0 Å². The summed E-state index contributed by atoms with van der Waals surface area (Å²) >= 11 is 0. The van der Waals surface area contributed by atoms with Gasteiger partial charge in [-0.3, -0.25) is 0 Å². The summed E-state index contributed by atoms with van der Waals surface area (Å²) in [6, 6.07) is 0. The normalized spacial score (nSPS) is 13.5. The summed E-state index contributed by atoms with van der Waals surface area (Å²) in [5.74, 6) is -0.0222. The highest BCUT2D eigenvalue weighted by Gasteiger charge is 2.20. The molecule has 0 amide bonds. The molecule has 0 aromatic heterocycles. The molecule has 0 aliphatic rings. The van der Waals surface area contributed by atoms with Crippen molar-refractivity contribution in [1.82, 2.24) is 4.31 Å². The van der Waals surface area contributed by atoms with Gasteiger partial charge in [0.05, 0.1) is 12.3 Å². The van der Waals surface area contributed by atoms with Crippen LogP contribution in [-0.4, -0.2) is 42.6 Å². The van der Waals surface area contributed by atoms with Gasteiger partial charge in [0.2, 0.25) is 10.0 Å². The van der Waals surface area contributed by atoms with Crippen molar-refractivity contribution in [1.29, 1.82) is 0 Å². The molecule has 0 bridgehead atoms. The lowest BCUT2D eigenvalue weighted by molar-refractivity contribution is 0.315. The van der Waals surface area contributed by atoms with Gasteiger partial charge in [0.15, 0.2) is 5.84 Å². The lowest BCUT2D eigenvalue weighted by Crippen LogP contribution is -2.39. The van der Waals surface area contributed by atoms with E-state index >= 15 is 0 Å². The van der Waals surface area contributed by atoms with Crippen LogP contribution in [0.25, 0.3) is 0 Å². The minimum Gasteiger partial charge on any atom is -0.409 e. The van der Waals surface area contributed by atoms with E-state index in [1.807, 2.05) is 0 Å². The molecule has 0 radical (unpaired) electrons. The molecule has 14 heavy (non-hydrogen) atoms. The number of nitrogens with zero attached hydrogens (tertiary/aromatic N) is 2. The Labute approximate surface area is 84.4 Å². The molecule has 0 aromatic carbocycles. The lowest BCUT2D eigenvalue weighted by atomic mass is 10.6. The van der Waals surface area contributed by atoms with Crippen LogP contribution in [0, 0.1) is 0 Å². The van der Waals surface area contributed by atoms with E-state index in [0.717, 1.165) is 0 Å². The van der Waals surface area contributed by atoms with Gasteiger partial charge in [0.25, 0.3) is 0 Å². The second kappa shape index (κ2) is 5.82. The minimum absolute atomic E-state index is 0.0602. The maximum Gasteiger partial charge on any atom is 0.214 e. The van der Waals surface area contributed by atoms with Crippen LogP contribution >= 0.6 is 0 Å². The number of amidine groups is 1. The molecule has 0 unspecified atom stereocenters. The van der Waals surface area contributed by atoms with Crippen molar-refractivity contribution in [2.24, 2.45) is 10.9 Å². The molecule has 0 aromatic rings. The van der Waals surface area contributed by atoms with Crippen LogP contribution in [0.15, 0.2) is 5.16 Å². The molecule has 6 nitrogen and oxygen atoms in total. The number of nitrogens with two attached hydrogens (primary N) is 1. The van der Waals surface area contributed by atoms with Gasteiger partial charge in [-0.05, 0) is 6.42 Å². The summed E-state index contributed by atoms with van der Waals surface area (Å²) in [6.45, 7) is 3.75. The summed E-state index contributed by atoms with van der Waals surface area (Å²) in [6.07, 6.45) is 0.551. The van der Waals surface area contributed by atoms with Crippen LogP contribution in [0.3, 0.4) is 0 Å². The van der Waals surface area contributed by atoms with E-state index in [1.54, 1.807) is 13.8 Å². The van der Waals surface area contributed by atoms with Crippen LogP contribution in [0.1, 0.15) is 20.3 Å². The SMILES string of the molecule is CCCS(=O)(=O)N(CC)CC(N)=NO. The van der Waals surface area contributed by atoms with Crippen LogP contribution in [0.4, 0.5) is 0 Å².